The van der Waals surface area contributed by atoms with E-state index in [4.69, 9.17) is 4.74 Å². The van der Waals surface area contributed by atoms with Gasteiger partial charge in [-0.1, -0.05) is 29.8 Å². The van der Waals surface area contributed by atoms with Gasteiger partial charge in [-0.3, -0.25) is 9.69 Å². The van der Waals surface area contributed by atoms with E-state index in [1.807, 2.05) is 69.1 Å². The molecule has 0 unspecified atom stereocenters. The van der Waals surface area contributed by atoms with Gasteiger partial charge in [-0.25, -0.2) is 0 Å². The fourth-order valence-electron chi connectivity index (χ4n) is 2.61. The van der Waals surface area contributed by atoms with Crippen LogP contribution in [0, 0.1) is 13.8 Å². The van der Waals surface area contributed by atoms with Gasteiger partial charge in [0.05, 0.1) is 13.2 Å². The van der Waals surface area contributed by atoms with Crippen LogP contribution in [0.1, 0.15) is 23.6 Å². The normalized spacial score (nSPS) is 10.7. The zero-order chi connectivity index (χ0) is 17.5. The van der Waals surface area contributed by atoms with E-state index in [9.17, 15) is 4.79 Å². The molecule has 0 bridgehead atoms. The molecule has 0 spiro atoms. The molecule has 4 heteroatoms. The molecular formula is C20H26N2O2. The Kier molecular flexibility index (Phi) is 6.38. The van der Waals surface area contributed by atoms with Gasteiger partial charge in [-0.05, 0) is 57.1 Å². The molecule has 2 aromatic carbocycles. The highest BCUT2D eigenvalue weighted by molar-refractivity contribution is 5.92. The van der Waals surface area contributed by atoms with E-state index in [1.54, 1.807) is 0 Å². The van der Waals surface area contributed by atoms with Crippen LogP contribution in [0.2, 0.25) is 0 Å². The van der Waals surface area contributed by atoms with E-state index in [0.29, 0.717) is 19.7 Å². The average molecular weight is 326 g/mol. The van der Waals surface area contributed by atoms with E-state index in [1.165, 1.54) is 5.56 Å². The van der Waals surface area contributed by atoms with Gasteiger partial charge >= 0.3 is 0 Å². The molecule has 0 aliphatic rings. The van der Waals surface area contributed by atoms with Gasteiger partial charge < -0.3 is 10.1 Å². The van der Waals surface area contributed by atoms with Gasteiger partial charge in [0.1, 0.15) is 5.75 Å². The average Bonchev–Trinajstić information content (AvgIpc) is 2.52. The third-order valence-corrected chi connectivity index (χ3v) is 3.76. The maximum Gasteiger partial charge on any atom is 0.238 e. The number of rotatable bonds is 7. The highest BCUT2D eigenvalue weighted by atomic mass is 16.5. The summed E-state index contributed by atoms with van der Waals surface area (Å²) >= 11 is 0. The zero-order valence-corrected chi connectivity index (χ0v) is 14.9. The molecule has 0 heterocycles. The smallest absolute Gasteiger partial charge is 0.238 e. The van der Waals surface area contributed by atoms with E-state index in [0.717, 1.165) is 22.6 Å². The molecule has 0 fully saturated rings. The lowest BCUT2D eigenvalue weighted by atomic mass is 10.1. The number of ether oxygens (including phenoxy) is 1. The quantitative estimate of drug-likeness (QED) is 0.842. The summed E-state index contributed by atoms with van der Waals surface area (Å²) < 4.78 is 5.44. The van der Waals surface area contributed by atoms with Crippen LogP contribution in [0.25, 0.3) is 0 Å². The summed E-state index contributed by atoms with van der Waals surface area (Å²) in [7, 11) is 1.94. The van der Waals surface area contributed by atoms with E-state index in [-0.39, 0.29) is 5.91 Å². The minimum atomic E-state index is -0.00427. The number of anilines is 1. The maximum absolute atomic E-state index is 12.2. The second kappa shape index (κ2) is 8.50. The highest BCUT2D eigenvalue weighted by Crippen LogP contribution is 2.16. The van der Waals surface area contributed by atoms with Crippen molar-refractivity contribution in [1.82, 2.24) is 4.90 Å². The topological polar surface area (TPSA) is 41.6 Å². The van der Waals surface area contributed by atoms with Gasteiger partial charge in [0, 0.05) is 12.2 Å². The Morgan fingerprint density at radius 3 is 2.46 bits per heavy atom. The largest absolute Gasteiger partial charge is 0.494 e. The summed E-state index contributed by atoms with van der Waals surface area (Å²) in [6.45, 7) is 7.75. The zero-order valence-electron chi connectivity index (χ0n) is 14.9. The van der Waals surface area contributed by atoms with Gasteiger partial charge in [0.2, 0.25) is 5.91 Å². The van der Waals surface area contributed by atoms with E-state index < -0.39 is 0 Å². The van der Waals surface area contributed by atoms with Crippen LogP contribution in [-0.2, 0) is 11.3 Å². The number of hydrogen-bond donors (Lipinski definition) is 1. The molecule has 1 amide bonds. The van der Waals surface area contributed by atoms with Crippen molar-refractivity contribution in [3.63, 3.8) is 0 Å². The molecule has 0 radical (unpaired) electrons. The summed E-state index contributed by atoms with van der Waals surface area (Å²) in [4.78, 5) is 14.2. The Labute approximate surface area is 144 Å². The van der Waals surface area contributed by atoms with Crippen LogP contribution >= 0.6 is 0 Å². The number of carbonyl (C=O) groups is 1. The molecule has 0 saturated carbocycles. The van der Waals surface area contributed by atoms with Gasteiger partial charge in [-0.2, -0.15) is 0 Å². The first-order valence-electron chi connectivity index (χ1n) is 8.25. The molecule has 0 atom stereocenters. The van der Waals surface area contributed by atoms with Crippen LogP contribution in [0.5, 0.6) is 5.75 Å². The third kappa shape index (κ3) is 5.39. The molecule has 0 saturated heterocycles. The monoisotopic (exact) mass is 326 g/mol. The second-order valence-corrected chi connectivity index (χ2v) is 6.12. The Hall–Kier alpha value is -2.33. The lowest BCUT2D eigenvalue weighted by Gasteiger charge is -2.17. The number of likely N-dealkylation sites (N-methyl/N-ethyl adjacent to an activating group) is 1. The SMILES string of the molecule is CCOc1ccc(CN(C)CC(=O)Nc2ccc(C)cc2C)cc1. The van der Waals surface area contributed by atoms with Crippen molar-refractivity contribution in [2.24, 2.45) is 0 Å². The molecule has 128 valence electrons. The van der Waals surface area contributed by atoms with Crippen LogP contribution in [0.15, 0.2) is 42.5 Å². The fourth-order valence-corrected chi connectivity index (χ4v) is 2.61. The van der Waals surface area contributed by atoms with Crippen LogP contribution in [0.4, 0.5) is 5.69 Å². The summed E-state index contributed by atoms with van der Waals surface area (Å²) in [6, 6.07) is 14.0. The predicted octanol–water partition coefficient (Wildman–Crippen LogP) is 3.77. The Morgan fingerprint density at radius 2 is 1.83 bits per heavy atom. The lowest BCUT2D eigenvalue weighted by molar-refractivity contribution is -0.117. The highest BCUT2D eigenvalue weighted by Gasteiger charge is 2.09. The first-order valence-corrected chi connectivity index (χ1v) is 8.25. The number of aryl methyl sites for hydroxylation is 2. The fraction of sp³-hybridized carbons (Fsp3) is 0.350. The van der Waals surface area contributed by atoms with Crippen molar-refractivity contribution in [3.05, 3.63) is 59.2 Å². The molecular weight excluding hydrogens is 300 g/mol. The number of carbonyl (C=O) groups excluding carboxylic acids is 1. The van der Waals surface area contributed by atoms with Crippen LogP contribution < -0.4 is 10.1 Å². The van der Waals surface area contributed by atoms with Crippen molar-refractivity contribution < 1.29 is 9.53 Å². The minimum Gasteiger partial charge on any atom is -0.494 e. The molecule has 0 aliphatic carbocycles. The molecule has 24 heavy (non-hydrogen) atoms. The lowest BCUT2D eigenvalue weighted by Crippen LogP contribution is -2.30. The summed E-state index contributed by atoms with van der Waals surface area (Å²) in [6.07, 6.45) is 0. The second-order valence-electron chi connectivity index (χ2n) is 6.12. The summed E-state index contributed by atoms with van der Waals surface area (Å²) in [5, 5.41) is 2.98. The Bertz CT molecular complexity index is 681. The number of hydrogen-bond acceptors (Lipinski definition) is 3. The standard InChI is InChI=1S/C20H26N2O2/c1-5-24-18-9-7-17(8-10-18)13-22(4)14-20(23)21-19-11-6-15(2)12-16(19)3/h6-12H,5,13-14H2,1-4H3,(H,21,23). The van der Waals surface area contributed by atoms with E-state index in [2.05, 4.69) is 11.4 Å². The molecule has 1 N–H and O–H groups in total. The number of nitrogens with zero attached hydrogens (tertiary/aromatic N) is 1. The van der Waals surface area contributed by atoms with Gasteiger partial charge in [0.25, 0.3) is 0 Å². The number of nitrogens with one attached hydrogen (secondary N) is 1. The Morgan fingerprint density at radius 1 is 1.12 bits per heavy atom. The van der Waals surface area contributed by atoms with Gasteiger partial charge in [-0.15, -0.1) is 0 Å². The van der Waals surface area contributed by atoms with Crippen molar-refractivity contribution in [2.45, 2.75) is 27.3 Å². The summed E-state index contributed by atoms with van der Waals surface area (Å²) in [5.74, 6) is 0.867. The van der Waals surface area contributed by atoms with Crippen LogP contribution in [0.3, 0.4) is 0 Å². The van der Waals surface area contributed by atoms with Crippen molar-refractivity contribution in [1.29, 1.82) is 0 Å². The summed E-state index contributed by atoms with van der Waals surface area (Å²) in [5.41, 5.74) is 4.30. The first-order chi connectivity index (χ1) is 11.5. The van der Waals surface area contributed by atoms with Crippen LogP contribution in [-0.4, -0.2) is 31.0 Å². The first kappa shape index (κ1) is 18.0. The molecule has 2 aromatic rings. The minimum absolute atomic E-state index is 0.00427. The van der Waals surface area contributed by atoms with E-state index >= 15 is 0 Å². The van der Waals surface area contributed by atoms with Crippen molar-refractivity contribution in [3.8, 4) is 5.75 Å². The maximum atomic E-state index is 12.2. The molecule has 0 aromatic heterocycles. The Balaban J connectivity index is 1.86. The van der Waals surface area contributed by atoms with Gasteiger partial charge in [0.15, 0.2) is 0 Å². The van der Waals surface area contributed by atoms with Crippen molar-refractivity contribution in [2.75, 3.05) is 25.5 Å². The number of amides is 1. The molecule has 2 rings (SSSR count). The molecule has 0 aliphatic heterocycles. The third-order valence-electron chi connectivity index (χ3n) is 3.76. The number of benzene rings is 2. The predicted molar refractivity (Wildman–Crippen MR) is 98.5 cm³/mol. The molecule has 4 nitrogen and oxygen atoms in total. The van der Waals surface area contributed by atoms with Crippen molar-refractivity contribution >= 4 is 11.6 Å².